The Morgan fingerprint density at radius 1 is 0.857 bits per heavy atom. The minimum atomic E-state index is -3.75. The third-order valence-corrected chi connectivity index (χ3v) is 8.91. The summed E-state index contributed by atoms with van der Waals surface area (Å²) < 4.78 is 46.6. The Balaban J connectivity index is 1.20. The summed E-state index contributed by atoms with van der Waals surface area (Å²) in [5.74, 6) is 2.02. The van der Waals surface area contributed by atoms with Crippen LogP contribution in [0.25, 0.3) is 0 Å². The summed E-state index contributed by atoms with van der Waals surface area (Å²) in [5.41, 5.74) is 5.85. The zero-order valence-electron chi connectivity index (χ0n) is 19.1. The van der Waals surface area contributed by atoms with Crippen molar-refractivity contribution in [1.29, 1.82) is 0 Å². The van der Waals surface area contributed by atoms with Gasteiger partial charge in [-0.05, 0) is 71.6 Å². The average Bonchev–Trinajstić information content (AvgIpc) is 3.62. The van der Waals surface area contributed by atoms with Crippen molar-refractivity contribution in [1.82, 2.24) is 0 Å². The molecule has 0 spiro atoms. The van der Waals surface area contributed by atoms with E-state index in [4.69, 9.17) is 14.2 Å². The van der Waals surface area contributed by atoms with Gasteiger partial charge in [-0.15, -0.1) is 0 Å². The van der Waals surface area contributed by atoms with Crippen LogP contribution in [-0.4, -0.2) is 28.2 Å². The van der Waals surface area contributed by atoms with Gasteiger partial charge in [-0.25, -0.2) is 8.42 Å². The highest BCUT2D eigenvalue weighted by molar-refractivity contribution is 7.92. The van der Waals surface area contributed by atoms with Gasteiger partial charge in [0.05, 0.1) is 30.3 Å². The number of fused-ring (bicyclic) bond motifs is 5. The Morgan fingerprint density at radius 3 is 2.46 bits per heavy atom. The molecule has 1 fully saturated rings. The largest absolute Gasteiger partial charge is 0.493 e. The molecule has 0 amide bonds. The summed E-state index contributed by atoms with van der Waals surface area (Å²) in [6, 6.07) is 17.2. The number of sulfonamides is 1. The monoisotopic (exact) mass is 490 g/mol. The predicted octanol–water partition coefficient (Wildman–Crippen LogP) is 4.60. The van der Waals surface area contributed by atoms with E-state index in [-0.39, 0.29) is 23.0 Å². The van der Waals surface area contributed by atoms with Crippen molar-refractivity contribution < 1.29 is 22.6 Å². The van der Waals surface area contributed by atoms with Crippen molar-refractivity contribution in [2.75, 3.05) is 29.9 Å². The molecule has 1 saturated heterocycles. The third kappa shape index (κ3) is 3.54. The minimum Gasteiger partial charge on any atom is -0.493 e. The lowest BCUT2D eigenvalue weighted by molar-refractivity contribution is 0.0827. The Bertz CT molecular complexity index is 1440. The summed E-state index contributed by atoms with van der Waals surface area (Å²) >= 11 is 0. The molecule has 3 aromatic rings. The number of hydrogen-bond acceptors (Lipinski definition) is 6. The molecule has 7 rings (SSSR count). The fourth-order valence-electron chi connectivity index (χ4n) is 5.81. The SMILES string of the molecule is O=S(=O)(Nc1ccc2c(c1)CCO2)c1ccc2c(c1)C1OCC[C@H]1C(c1ccc3c(c1)CCO3)N2. The van der Waals surface area contributed by atoms with Crippen LogP contribution in [0.2, 0.25) is 0 Å². The lowest BCUT2D eigenvalue weighted by atomic mass is 9.80. The molecule has 8 heteroatoms. The number of benzene rings is 3. The van der Waals surface area contributed by atoms with E-state index in [2.05, 4.69) is 28.2 Å². The molecule has 7 nitrogen and oxygen atoms in total. The van der Waals surface area contributed by atoms with Gasteiger partial charge in [0.2, 0.25) is 0 Å². The van der Waals surface area contributed by atoms with Gasteiger partial charge in [-0.2, -0.15) is 0 Å². The number of rotatable bonds is 4. The number of anilines is 2. The normalized spacial score (nSPS) is 23.8. The number of nitrogens with one attached hydrogen (secondary N) is 2. The van der Waals surface area contributed by atoms with Crippen LogP contribution in [0, 0.1) is 5.92 Å². The van der Waals surface area contributed by atoms with Crippen molar-refractivity contribution in [3.8, 4) is 11.5 Å². The molecule has 4 aliphatic rings. The van der Waals surface area contributed by atoms with Crippen molar-refractivity contribution in [3.05, 3.63) is 76.9 Å². The summed E-state index contributed by atoms with van der Waals surface area (Å²) in [6.07, 6.45) is 2.49. The Labute approximate surface area is 204 Å². The molecule has 0 aliphatic carbocycles. The highest BCUT2D eigenvalue weighted by atomic mass is 32.2. The molecular formula is C27H26N2O5S. The van der Waals surface area contributed by atoms with Gasteiger partial charge in [0.15, 0.2) is 0 Å². The first-order valence-electron chi connectivity index (χ1n) is 12.1. The summed E-state index contributed by atoms with van der Waals surface area (Å²) in [6.45, 7) is 2.03. The Morgan fingerprint density at radius 2 is 1.63 bits per heavy atom. The van der Waals surface area contributed by atoms with Gasteiger partial charge in [0.25, 0.3) is 10.0 Å². The van der Waals surface area contributed by atoms with Crippen LogP contribution in [0.3, 0.4) is 0 Å². The minimum absolute atomic E-state index is 0.107. The fraction of sp³-hybridized carbons (Fsp3) is 0.333. The molecule has 0 saturated carbocycles. The Hall–Kier alpha value is -3.23. The second kappa shape index (κ2) is 7.90. The van der Waals surface area contributed by atoms with Crippen molar-refractivity contribution in [2.24, 2.45) is 5.92 Å². The van der Waals surface area contributed by atoms with Crippen molar-refractivity contribution >= 4 is 21.4 Å². The maximum atomic E-state index is 13.3. The second-order valence-electron chi connectivity index (χ2n) is 9.61. The summed E-state index contributed by atoms with van der Waals surface area (Å²) in [4.78, 5) is 0.233. The molecule has 4 aliphatic heterocycles. The number of hydrogen-bond donors (Lipinski definition) is 2. The first-order valence-corrected chi connectivity index (χ1v) is 13.6. The zero-order valence-corrected chi connectivity index (χ0v) is 19.9. The molecule has 35 heavy (non-hydrogen) atoms. The van der Waals surface area contributed by atoms with Crippen LogP contribution >= 0.6 is 0 Å². The van der Waals surface area contributed by atoms with E-state index in [1.807, 2.05) is 18.2 Å². The summed E-state index contributed by atoms with van der Waals surface area (Å²) in [5, 5.41) is 3.68. The summed E-state index contributed by atoms with van der Waals surface area (Å²) in [7, 11) is -3.75. The van der Waals surface area contributed by atoms with Crippen molar-refractivity contribution in [3.63, 3.8) is 0 Å². The molecule has 0 aromatic heterocycles. The van der Waals surface area contributed by atoms with Gasteiger partial charge in [0.1, 0.15) is 11.5 Å². The number of ether oxygens (including phenoxy) is 3. The Kier molecular flexibility index (Phi) is 4.76. The van der Waals surface area contributed by atoms with E-state index >= 15 is 0 Å². The molecule has 4 heterocycles. The maximum absolute atomic E-state index is 13.3. The highest BCUT2D eigenvalue weighted by Gasteiger charge is 2.42. The highest BCUT2D eigenvalue weighted by Crippen LogP contribution is 2.50. The second-order valence-corrected chi connectivity index (χ2v) is 11.3. The van der Waals surface area contributed by atoms with Gasteiger partial charge < -0.3 is 19.5 Å². The van der Waals surface area contributed by atoms with E-state index in [0.717, 1.165) is 54.2 Å². The van der Waals surface area contributed by atoms with E-state index < -0.39 is 10.0 Å². The van der Waals surface area contributed by atoms with E-state index in [1.165, 1.54) is 11.1 Å². The molecule has 0 radical (unpaired) electrons. The van der Waals surface area contributed by atoms with Crippen LogP contribution in [0.15, 0.2) is 59.5 Å². The van der Waals surface area contributed by atoms with Gasteiger partial charge in [-0.1, -0.05) is 6.07 Å². The van der Waals surface area contributed by atoms with Gasteiger partial charge in [-0.3, -0.25) is 4.72 Å². The smallest absolute Gasteiger partial charge is 0.261 e. The van der Waals surface area contributed by atoms with Crippen LogP contribution in [-0.2, 0) is 27.6 Å². The average molecular weight is 491 g/mol. The van der Waals surface area contributed by atoms with Gasteiger partial charge >= 0.3 is 0 Å². The first-order chi connectivity index (χ1) is 17.0. The molecule has 3 atom stereocenters. The zero-order chi connectivity index (χ0) is 23.6. The predicted molar refractivity (Wildman–Crippen MR) is 132 cm³/mol. The molecule has 0 bridgehead atoms. The third-order valence-electron chi connectivity index (χ3n) is 7.53. The topological polar surface area (TPSA) is 85.9 Å². The molecule has 3 aromatic carbocycles. The van der Waals surface area contributed by atoms with Crippen LogP contribution in [0.5, 0.6) is 11.5 Å². The quantitative estimate of drug-likeness (QED) is 0.556. The molecule has 2 unspecified atom stereocenters. The fourth-order valence-corrected chi connectivity index (χ4v) is 6.90. The lowest BCUT2D eigenvalue weighted by Crippen LogP contribution is -2.29. The lowest BCUT2D eigenvalue weighted by Gasteiger charge is -2.36. The van der Waals surface area contributed by atoms with Crippen molar-refractivity contribution in [2.45, 2.75) is 36.3 Å². The molecule has 180 valence electrons. The van der Waals surface area contributed by atoms with Crippen LogP contribution < -0.4 is 19.5 Å². The van der Waals surface area contributed by atoms with Crippen LogP contribution in [0.1, 0.15) is 40.8 Å². The molecular weight excluding hydrogens is 464 g/mol. The standard InChI is InChI=1S/C27H26N2O5S/c30-35(31,29-19-2-6-25-17(14-19)8-11-33-25)20-3-4-23-22(15-20)27-21(9-12-34-27)26(28-23)18-1-5-24-16(13-18)7-10-32-24/h1-6,13-15,21,26-29H,7-12H2/t21-,26?,27?/m0/s1. The van der Waals surface area contributed by atoms with E-state index in [1.54, 1.807) is 18.2 Å². The van der Waals surface area contributed by atoms with Gasteiger partial charge in [0, 0.05) is 42.3 Å². The first kappa shape index (κ1) is 21.1. The van der Waals surface area contributed by atoms with E-state index in [0.29, 0.717) is 18.9 Å². The molecule has 2 N–H and O–H groups in total. The maximum Gasteiger partial charge on any atom is 0.261 e. The van der Waals surface area contributed by atoms with Crippen LogP contribution in [0.4, 0.5) is 11.4 Å². The van der Waals surface area contributed by atoms with E-state index in [9.17, 15) is 8.42 Å².